The Hall–Kier alpha value is -3.36. The average molecular weight is 419 g/mol. The van der Waals surface area contributed by atoms with Crippen LogP contribution in [0, 0.1) is 17.1 Å². The first-order valence-corrected chi connectivity index (χ1v) is 9.26. The molecule has 150 valence electrons. The maximum atomic E-state index is 14.3. The molecule has 0 bridgehead atoms. The van der Waals surface area contributed by atoms with Crippen LogP contribution in [0.3, 0.4) is 0 Å². The lowest BCUT2D eigenvalue weighted by atomic mass is 10.1. The number of hydrogen-bond acceptors (Lipinski definition) is 6. The molecule has 0 aliphatic heterocycles. The van der Waals surface area contributed by atoms with E-state index in [1.165, 1.54) is 31.5 Å². The van der Waals surface area contributed by atoms with E-state index in [-0.39, 0.29) is 22.4 Å². The van der Waals surface area contributed by atoms with Crippen molar-refractivity contribution in [3.05, 3.63) is 58.4 Å². The minimum Gasteiger partial charge on any atom is -0.755 e. The van der Waals surface area contributed by atoms with Crippen LogP contribution in [0.15, 0.2) is 41.5 Å². The highest BCUT2D eigenvalue weighted by molar-refractivity contribution is 7.80. The van der Waals surface area contributed by atoms with Crippen molar-refractivity contribution in [2.24, 2.45) is 0 Å². The summed E-state index contributed by atoms with van der Waals surface area (Å²) in [7, 11) is 0. The fourth-order valence-corrected chi connectivity index (χ4v) is 2.98. The van der Waals surface area contributed by atoms with E-state index in [0.29, 0.717) is 5.52 Å². The SMILES string of the molecule is C[C@@H](CF)n1cnc2ccc(Oc3c(F)ccc(NS(=O)[O-])c3C#N)cc2c1=O. The topological polar surface area (TPSA) is 120 Å². The van der Waals surface area contributed by atoms with Gasteiger partial charge in [0, 0.05) is 11.3 Å². The van der Waals surface area contributed by atoms with Gasteiger partial charge in [0.25, 0.3) is 5.56 Å². The molecule has 3 aromatic rings. The lowest BCUT2D eigenvalue weighted by Gasteiger charge is -2.15. The molecule has 0 saturated carbocycles. The number of rotatable bonds is 6. The molecule has 0 saturated heterocycles. The van der Waals surface area contributed by atoms with Gasteiger partial charge in [-0.05, 0) is 37.3 Å². The molecule has 0 fully saturated rings. The molecular weight excluding hydrogens is 406 g/mol. The Balaban J connectivity index is 2.09. The second-order valence-electron chi connectivity index (χ2n) is 5.99. The van der Waals surface area contributed by atoms with Gasteiger partial charge >= 0.3 is 0 Å². The summed E-state index contributed by atoms with van der Waals surface area (Å²) >= 11 is -2.73. The molecule has 3 rings (SSSR count). The van der Waals surface area contributed by atoms with Gasteiger partial charge in [-0.2, -0.15) is 5.26 Å². The Morgan fingerprint density at radius 2 is 2.17 bits per heavy atom. The Kier molecular flexibility index (Phi) is 5.86. The van der Waals surface area contributed by atoms with Gasteiger partial charge in [0.05, 0.1) is 29.0 Å². The van der Waals surface area contributed by atoms with Gasteiger partial charge in [-0.1, -0.05) is 0 Å². The molecule has 11 heteroatoms. The van der Waals surface area contributed by atoms with E-state index < -0.39 is 41.1 Å². The zero-order valence-corrected chi connectivity index (χ0v) is 15.7. The van der Waals surface area contributed by atoms with Crippen molar-refractivity contribution in [1.82, 2.24) is 9.55 Å². The smallest absolute Gasteiger partial charge is 0.261 e. The minimum atomic E-state index is -2.73. The molecule has 2 aromatic carbocycles. The van der Waals surface area contributed by atoms with Gasteiger partial charge in [0.2, 0.25) is 0 Å². The molecule has 0 aliphatic carbocycles. The highest BCUT2D eigenvalue weighted by atomic mass is 32.2. The molecule has 1 heterocycles. The summed E-state index contributed by atoms with van der Waals surface area (Å²) in [6, 6.07) is 7.14. The number of ether oxygens (including phenoxy) is 1. The number of nitriles is 1. The molecule has 1 aromatic heterocycles. The Labute approximate surface area is 165 Å². The number of benzene rings is 2. The number of nitrogens with zero attached hydrogens (tertiary/aromatic N) is 3. The zero-order chi connectivity index (χ0) is 21.1. The fourth-order valence-electron chi connectivity index (χ4n) is 2.63. The number of halogens is 2. The Morgan fingerprint density at radius 3 is 2.83 bits per heavy atom. The number of nitrogens with one attached hydrogen (secondary N) is 1. The van der Waals surface area contributed by atoms with E-state index in [9.17, 15) is 27.6 Å². The third-order valence-electron chi connectivity index (χ3n) is 4.09. The van der Waals surface area contributed by atoms with Crippen molar-refractivity contribution < 1.29 is 22.3 Å². The summed E-state index contributed by atoms with van der Waals surface area (Å²) in [4.78, 5) is 16.7. The maximum absolute atomic E-state index is 14.3. The number of fused-ring (bicyclic) bond motifs is 1. The summed E-state index contributed by atoms with van der Waals surface area (Å²) in [5, 5.41) is 9.43. The monoisotopic (exact) mass is 419 g/mol. The summed E-state index contributed by atoms with van der Waals surface area (Å²) in [5.41, 5.74) is -0.727. The van der Waals surface area contributed by atoms with E-state index in [4.69, 9.17) is 4.74 Å². The third-order valence-corrected chi connectivity index (χ3v) is 4.47. The standard InChI is InChI=1S/C18H14F2N4O4S/c1-10(7-19)24-9-22-15-4-2-11(6-12(15)18(24)25)28-17-13(8-21)16(23-29(26)27)5-3-14(17)20/h2-6,9-10,23H,7H2,1H3,(H,26,27)/p-1/t10-/m0/s1. The molecule has 0 aliphatic rings. The number of aromatic nitrogens is 2. The van der Waals surface area contributed by atoms with Crippen LogP contribution in [0.1, 0.15) is 18.5 Å². The first-order chi connectivity index (χ1) is 13.8. The summed E-state index contributed by atoms with van der Waals surface area (Å²) in [6.07, 6.45) is 1.24. The van der Waals surface area contributed by atoms with Crippen LogP contribution in [0.25, 0.3) is 10.9 Å². The first kappa shape index (κ1) is 20.4. The van der Waals surface area contributed by atoms with Gasteiger partial charge in [0.15, 0.2) is 11.6 Å². The van der Waals surface area contributed by atoms with Crippen molar-refractivity contribution in [1.29, 1.82) is 5.26 Å². The van der Waals surface area contributed by atoms with E-state index in [2.05, 4.69) is 4.98 Å². The van der Waals surface area contributed by atoms with E-state index in [1.807, 2.05) is 4.72 Å². The van der Waals surface area contributed by atoms with Crippen molar-refractivity contribution in [2.75, 3.05) is 11.4 Å². The Morgan fingerprint density at radius 1 is 1.41 bits per heavy atom. The number of alkyl halides is 1. The van der Waals surface area contributed by atoms with E-state index in [1.54, 1.807) is 6.07 Å². The molecule has 0 radical (unpaired) electrons. The molecule has 1 N–H and O–H groups in total. The quantitative estimate of drug-likeness (QED) is 0.614. The van der Waals surface area contributed by atoms with Gasteiger partial charge in [-0.25, -0.2) is 13.8 Å². The fraction of sp³-hybridized carbons (Fsp3) is 0.167. The lowest BCUT2D eigenvalue weighted by molar-refractivity contribution is 0.370. The summed E-state index contributed by atoms with van der Waals surface area (Å²) in [6.45, 7) is 0.753. The van der Waals surface area contributed by atoms with Crippen LogP contribution in [0.4, 0.5) is 14.5 Å². The molecule has 0 spiro atoms. The third kappa shape index (κ3) is 4.08. The molecule has 1 unspecified atom stereocenters. The lowest BCUT2D eigenvalue weighted by Crippen LogP contribution is -2.24. The zero-order valence-electron chi connectivity index (χ0n) is 14.9. The van der Waals surface area contributed by atoms with Crippen molar-refractivity contribution >= 4 is 27.9 Å². The van der Waals surface area contributed by atoms with Crippen LogP contribution in [-0.2, 0) is 11.3 Å². The van der Waals surface area contributed by atoms with Crippen LogP contribution < -0.4 is 15.0 Å². The largest absolute Gasteiger partial charge is 0.755 e. The van der Waals surface area contributed by atoms with Gasteiger partial charge < -0.3 is 14.0 Å². The van der Waals surface area contributed by atoms with Crippen molar-refractivity contribution in [3.63, 3.8) is 0 Å². The van der Waals surface area contributed by atoms with E-state index in [0.717, 1.165) is 16.7 Å². The predicted molar refractivity (Wildman–Crippen MR) is 100 cm³/mol. The van der Waals surface area contributed by atoms with Crippen molar-refractivity contribution in [2.45, 2.75) is 13.0 Å². The van der Waals surface area contributed by atoms with Gasteiger partial charge in [-0.15, -0.1) is 0 Å². The summed E-state index contributed by atoms with van der Waals surface area (Å²) in [5.74, 6) is -1.40. The van der Waals surface area contributed by atoms with Gasteiger partial charge in [-0.3, -0.25) is 13.6 Å². The van der Waals surface area contributed by atoms with Crippen LogP contribution in [-0.4, -0.2) is 25.0 Å². The summed E-state index contributed by atoms with van der Waals surface area (Å²) < 4.78 is 57.5. The first-order valence-electron chi connectivity index (χ1n) is 8.19. The molecule has 8 nitrogen and oxygen atoms in total. The molecule has 0 amide bonds. The Bertz CT molecular complexity index is 1210. The van der Waals surface area contributed by atoms with Crippen LogP contribution in [0.5, 0.6) is 11.5 Å². The number of hydrogen-bond donors (Lipinski definition) is 1. The van der Waals surface area contributed by atoms with Crippen LogP contribution >= 0.6 is 0 Å². The second kappa shape index (κ2) is 8.34. The van der Waals surface area contributed by atoms with Crippen LogP contribution in [0.2, 0.25) is 0 Å². The van der Waals surface area contributed by atoms with Gasteiger partial charge in [0.1, 0.15) is 24.1 Å². The highest BCUT2D eigenvalue weighted by Gasteiger charge is 2.17. The number of anilines is 1. The maximum Gasteiger partial charge on any atom is 0.261 e. The average Bonchev–Trinajstić information content (AvgIpc) is 2.70. The second-order valence-corrected chi connectivity index (χ2v) is 6.66. The molecular formula is C18H13F2N4O4S-. The minimum absolute atomic E-state index is 0.0119. The molecule has 29 heavy (non-hydrogen) atoms. The van der Waals surface area contributed by atoms with Crippen molar-refractivity contribution in [3.8, 4) is 17.6 Å². The normalized spacial score (nSPS) is 12.9. The predicted octanol–water partition coefficient (Wildman–Crippen LogP) is 2.94. The highest BCUT2D eigenvalue weighted by Crippen LogP contribution is 2.33. The van der Waals surface area contributed by atoms with E-state index >= 15 is 0 Å². The molecule has 2 atom stereocenters.